The zero-order valence-corrected chi connectivity index (χ0v) is 14.1. The number of morpholine rings is 1. The van der Waals surface area contributed by atoms with Crippen molar-refractivity contribution in [3.8, 4) is 0 Å². The summed E-state index contributed by atoms with van der Waals surface area (Å²) in [6, 6.07) is 6.70. The van der Waals surface area contributed by atoms with Crippen LogP contribution in [0, 0.1) is 16.0 Å². The first-order valence-corrected chi connectivity index (χ1v) is 8.10. The third-order valence-corrected chi connectivity index (χ3v) is 4.02. The molecule has 0 radical (unpaired) electrons. The normalized spacial score (nSPS) is 15.8. The fourth-order valence-electron chi connectivity index (χ4n) is 2.87. The van der Waals surface area contributed by atoms with Crippen molar-refractivity contribution in [3.63, 3.8) is 0 Å². The Balaban J connectivity index is 2.26. The Labute approximate surface area is 143 Å². The molecule has 1 saturated heterocycles. The molecule has 132 valence electrons. The number of rotatable bonds is 3. The van der Waals surface area contributed by atoms with Crippen molar-refractivity contribution in [1.82, 2.24) is 4.90 Å². The van der Waals surface area contributed by atoms with Gasteiger partial charge >= 0.3 is 11.3 Å². The van der Waals surface area contributed by atoms with Crippen LogP contribution in [0.25, 0.3) is 11.0 Å². The monoisotopic (exact) mass is 345 g/mol. The van der Waals surface area contributed by atoms with E-state index < -0.39 is 16.2 Å². The summed E-state index contributed by atoms with van der Waals surface area (Å²) in [6.45, 7) is 6.40. The molecule has 0 unspecified atom stereocenters. The van der Waals surface area contributed by atoms with E-state index in [9.17, 15) is 14.9 Å². The molecule has 3 rings (SSSR count). The standard InChI is InChI=1S/C17H19N3O5/c1-11(2)16(19-7-9-24-10-8-19)18-14-12-5-3-4-6-13(12)25-17(21)15(14)20(22)23/h3-6,11H,7-10H2,1-2H3. The van der Waals surface area contributed by atoms with Crippen molar-refractivity contribution in [2.75, 3.05) is 26.3 Å². The van der Waals surface area contributed by atoms with Crippen LogP contribution in [0.3, 0.4) is 0 Å². The third-order valence-electron chi connectivity index (χ3n) is 4.02. The van der Waals surface area contributed by atoms with Crippen molar-refractivity contribution >= 4 is 28.2 Å². The molecule has 25 heavy (non-hydrogen) atoms. The molecule has 0 bridgehead atoms. The average Bonchev–Trinajstić information content (AvgIpc) is 2.59. The smallest absolute Gasteiger partial charge is 0.417 e. The maximum absolute atomic E-state index is 12.1. The Morgan fingerprint density at radius 2 is 1.96 bits per heavy atom. The molecule has 0 N–H and O–H groups in total. The third kappa shape index (κ3) is 3.39. The number of amidine groups is 1. The minimum Gasteiger partial charge on any atom is -0.418 e. The average molecular weight is 345 g/mol. The molecule has 1 aliphatic heterocycles. The maximum Gasteiger partial charge on any atom is 0.417 e. The molecule has 1 aromatic heterocycles. The van der Waals surface area contributed by atoms with Gasteiger partial charge in [0.2, 0.25) is 0 Å². The molecule has 0 saturated carbocycles. The van der Waals surface area contributed by atoms with Crippen molar-refractivity contribution in [3.05, 3.63) is 44.8 Å². The highest BCUT2D eigenvalue weighted by Crippen LogP contribution is 2.33. The maximum atomic E-state index is 12.1. The molecule has 0 atom stereocenters. The Bertz CT molecular complexity index is 881. The molecule has 0 aliphatic carbocycles. The topological polar surface area (TPSA) is 98.2 Å². The van der Waals surface area contributed by atoms with Gasteiger partial charge in [0.25, 0.3) is 0 Å². The molecule has 1 aromatic carbocycles. The zero-order valence-electron chi connectivity index (χ0n) is 14.1. The first-order valence-electron chi connectivity index (χ1n) is 8.10. The van der Waals surface area contributed by atoms with Gasteiger partial charge in [0.05, 0.1) is 23.5 Å². The summed E-state index contributed by atoms with van der Waals surface area (Å²) in [6.07, 6.45) is 0. The minimum absolute atomic E-state index is 0.0312. The Kier molecular flexibility index (Phi) is 4.80. The number of fused-ring (bicyclic) bond motifs is 1. The van der Waals surface area contributed by atoms with Gasteiger partial charge in [-0.2, -0.15) is 0 Å². The lowest BCUT2D eigenvalue weighted by Gasteiger charge is -2.31. The van der Waals surface area contributed by atoms with Crippen molar-refractivity contribution in [1.29, 1.82) is 0 Å². The molecule has 2 heterocycles. The van der Waals surface area contributed by atoms with Crippen LogP contribution in [0.15, 0.2) is 38.5 Å². The van der Waals surface area contributed by atoms with Crippen LogP contribution in [0.1, 0.15) is 13.8 Å². The molecule has 1 aliphatic rings. The lowest BCUT2D eigenvalue weighted by Crippen LogP contribution is -2.42. The number of benzene rings is 1. The van der Waals surface area contributed by atoms with Crippen LogP contribution in [0.2, 0.25) is 0 Å². The summed E-state index contributed by atoms with van der Waals surface area (Å²) in [4.78, 5) is 29.5. The van der Waals surface area contributed by atoms with Crippen LogP contribution in [0.5, 0.6) is 0 Å². The van der Waals surface area contributed by atoms with E-state index in [-0.39, 0.29) is 17.2 Å². The predicted octanol–water partition coefficient (Wildman–Crippen LogP) is 2.72. The van der Waals surface area contributed by atoms with Gasteiger partial charge in [-0.05, 0) is 12.1 Å². The SMILES string of the molecule is CC(C)C(=Nc1c([N+](=O)[O-])c(=O)oc2ccccc12)N1CCOCC1. The van der Waals surface area contributed by atoms with Crippen molar-refractivity contribution in [2.45, 2.75) is 13.8 Å². The van der Waals surface area contributed by atoms with E-state index in [1.165, 1.54) is 0 Å². The summed E-state index contributed by atoms with van der Waals surface area (Å²) in [5.41, 5.74) is -1.30. The highest BCUT2D eigenvalue weighted by Gasteiger charge is 2.27. The molecular weight excluding hydrogens is 326 g/mol. The summed E-state index contributed by atoms with van der Waals surface area (Å²) in [7, 11) is 0. The molecule has 8 nitrogen and oxygen atoms in total. The number of nitrogens with zero attached hydrogens (tertiary/aromatic N) is 3. The van der Waals surface area contributed by atoms with E-state index in [2.05, 4.69) is 4.99 Å². The van der Waals surface area contributed by atoms with E-state index >= 15 is 0 Å². The Morgan fingerprint density at radius 1 is 1.28 bits per heavy atom. The van der Waals surface area contributed by atoms with E-state index in [0.29, 0.717) is 37.5 Å². The van der Waals surface area contributed by atoms with E-state index in [4.69, 9.17) is 9.15 Å². The van der Waals surface area contributed by atoms with Crippen LogP contribution in [-0.2, 0) is 4.74 Å². The molecule has 0 amide bonds. The van der Waals surface area contributed by atoms with E-state index in [0.717, 1.165) is 0 Å². The van der Waals surface area contributed by atoms with Crippen molar-refractivity contribution in [2.24, 2.45) is 10.9 Å². The van der Waals surface area contributed by atoms with Gasteiger partial charge in [-0.15, -0.1) is 0 Å². The van der Waals surface area contributed by atoms with Gasteiger partial charge in [0.15, 0.2) is 5.69 Å². The summed E-state index contributed by atoms with van der Waals surface area (Å²) >= 11 is 0. The molecule has 1 fully saturated rings. The summed E-state index contributed by atoms with van der Waals surface area (Å²) in [5, 5.41) is 11.9. The Morgan fingerprint density at radius 3 is 2.60 bits per heavy atom. The highest BCUT2D eigenvalue weighted by molar-refractivity contribution is 5.97. The fraction of sp³-hybridized carbons (Fsp3) is 0.412. The second-order valence-corrected chi connectivity index (χ2v) is 6.06. The van der Waals surface area contributed by atoms with Crippen LogP contribution >= 0.6 is 0 Å². The van der Waals surface area contributed by atoms with Crippen LogP contribution < -0.4 is 5.63 Å². The lowest BCUT2D eigenvalue weighted by molar-refractivity contribution is -0.386. The second kappa shape index (κ2) is 7.02. The summed E-state index contributed by atoms with van der Waals surface area (Å²) in [5.74, 6) is 0.728. The molecule has 0 spiro atoms. The van der Waals surface area contributed by atoms with Gasteiger partial charge in [-0.25, -0.2) is 9.79 Å². The van der Waals surface area contributed by atoms with Gasteiger partial charge in [-0.3, -0.25) is 10.1 Å². The minimum atomic E-state index is -0.993. The number of nitro groups is 1. The first-order chi connectivity index (χ1) is 12.0. The van der Waals surface area contributed by atoms with Gasteiger partial charge in [-0.1, -0.05) is 26.0 Å². The highest BCUT2D eigenvalue weighted by atomic mass is 16.6. The summed E-state index contributed by atoms with van der Waals surface area (Å²) < 4.78 is 10.4. The van der Waals surface area contributed by atoms with Gasteiger partial charge in [0, 0.05) is 19.0 Å². The first kappa shape index (κ1) is 17.1. The van der Waals surface area contributed by atoms with Crippen molar-refractivity contribution < 1.29 is 14.1 Å². The molecule has 8 heteroatoms. The number of hydrogen-bond acceptors (Lipinski definition) is 6. The Hall–Kier alpha value is -2.74. The largest absolute Gasteiger partial charge is 0.418 e. The second-order valence-electron chi connectivity index (χ2n) is 6.06. The van der Waals surface area contributed by atoms with Gasteiger partial charge < -0.3 is 14.1 Å². The van der Waals surface area contributed by atoms with E-state index in [1.54, 1.807) is 24.3 Å². The number of ether oxygens (including phenoxy) is 1. The predicted molar refractivity (Wildman–Crippen MR) is 93.5 cm³/mol. The lowest BCUT2D eigenvalue weighted by atomic mass is 10.1. The fourth-order valence-corrected chi connectivity index (χ4v) is 2.87. The quantitative estimate of drug-likeness (QED) is 0.279. The zero-order chi connectivity index (χ0) is 18.0. The number of para-hydroxylation sites is 1. The molecular formula is C17H19N3O5. The van der Waals surface area contributed by atoms with Crippen LogP contribution in [-0.4, -0.2) is 42.0 Å². The number of aliphatic imine (C=N–C) groups is 1. The van der Waals surface area contributed by atoms with E-state index in [1.807, 2.05) is 18.7 Å². The van der Waals surface area contributed by atoms with Gasteiger partial charge in [0.1, 0.15) is 11.4 Å². The van der Waals surface area contributed by atoms with Crippen LogP contribution in [0.4, 0.5) is 11.4 Å². The molecule has 2 aromatic rings. The number of hydrogen-bond donors (Lipinski definition) is 0.